The van der Waals surface area contributed by atoms with Gasteiger partial charge >= 0.3 is 6.18 Å². The lowest BCUT2D eigenvalue weighted by Crippen LogP contribution is -2.07. The highest BCUT2D eigenvalue weighted by atomic mass is 32.1. The topological polar surface area (TPSA) is 56.0 Å². The Morgan fingerprint density at radius 3 is 2.27 bits per heavy atom. The van der Waals surface area contributed by atoms with Crippen LogP contribution in [0.4, 0.5) is 23.2 Å². The van der Waals surface area contributed by atoms with Crippen LogP contribution in [0.1, 0.15) is 20.8 Å². The number of aromatic nitrogens is 1. The summed E-state index contributed by atoms with van der Waals surface area (Å²) < 4.78 is 51.2. The van der Waals surface area contributed by atoms with Gasteiger partial charge in [-0.25, -0.2) is 9.37 Å². The molecule has 0 atom stereocenters. The van der Waals surface area contributed by atoms with Gasteiger partial charge in [-0.1, -0.05) is 12.1 Å². The van der Waals surface area contributed by atoms with Crippen molar-refractivity contribution in [2.45, 2.75) is 12.6 Å². The Morgan fingerprint density at radius 2 is 1.63 bits per heavy atom. The average molecular weight is 430 g/mol. The number of carbonyl (C=O) groups is 1. The minimum absolute atomic E-state index is 0.0695. The zero-order valence-corrected chi connectivity index (χ0v) is 16.2. The number of hydrogen-bond acceptors (Lipinski definition) is 4. The number of ketones is 1. The fourth-order valence-corrected chi connectivity index (χ4v) is 4.09. The first-order valence-electron chi connectivity index (χ1n) is 8.86. The van der Waals surface area contributed by atoms with Crippen LogP contribution < -0.4 is 5.73 Å². The number of nitrogens with two attached hydrogens (primary N) is 1. The first kappa shape index (κ1) is 20.0. The molecule has 2 N–H and O–H groups in total. The molecular formula is C22H14F4N2OS. The molecule has 30 heavy (non-hydrogen) atoms. The molecule has 0 amide bonds. The third-order valence-electron chi connectivity index (χ3n) is 4.63. The standard InChI is InChI=1S/C22H14F4N2OS/c23-15-7-3-13(4-8-15)17-10-9-16-19(27)20(30-21(16)28-17)18(29)11-12-1-5-14(6-2-12)22(24,25)26/h1-10H,11,27H2. The van der Waals surface area contributed by atoms with Crippen LogP contribution in [0.25, 0.3) is 21.5 Å². The summed E-state index contributed by atoms with van der Waals surface area (Å²) in [5.41, 5.74) is 7.47. The summed E-state index contributed by atoms with van der Waals surface area (Å²) in [5, 5.41) is 0.627. The van der Waals surface area contributed by atoms with Crippen molar-refractivity contribution in [3.63, 3.8) is 0 Å². The number of rotatable bonds is 4. The Labute approximate surface area is 172 Å². The molecule has 0 saturated carbocycles. The molecule has 2 aromatic heterocycles. The number of thiophene rings is 1. The maximum absolute atomic E-state index is 13.1. The highest BCUT2D eigenvalue weighted by Crippen LogP contribution is 2.35. The zero-order chi connectivity index (χ0) is 21.5. The van der Waals surface area contributed by atoms with E-state index in [1.807, 2.05) is 0 Å². The van der Waals surface area contributed by atoms with Crippen LogP contribution >= 0.6 is 11.3 Å². The molecule has 0 spiro atoms. The van der Waals surface area contributed by atoms with Crippen molar-refractivity contribution in [1.82, 2.24) is 4.98 Å². The molecule has 4 aromatic rings. The Morgan fingerprint density at radius 1 is 0.967 bits per heavy atom. The number of benzene rings is 2. The van der Waals surface area contributed by atoms with Crippen molar-refractivity contribution < 1.29 is 22.4 Å². The molecule has 0 aliphatic heterocycles. The van der Waals surface area contributed by atoms with E-state index < -0.39 is 11.7 Å². The lowest BCUT2D eigenvalue weighted by molar-refractivity contribution is -0.137. The van der Waals surface area contributed by atoms with Crippen molar-refractivity contribution in [2.24, 2.45) is 0 Å². The van der Waals surface area contributed by atoms with Crippen LogP contribution in [0.15, 0.2) is 60.7 Å². The molecular weight excluding hydrogens is 416 g/mol. The largest absolute Gasteiger partial charge is 0.416 e. The van der Waals surface area contributed by atoms with E-state index in [9.17, 15) is 22.4 Å². The van der Waals surface area contributed by atoms with Crippen LogP contribution in [0, 0.1) is 5.82 Å². The molecule has 0 saturated heterocycles. The number of nitrogen functional groups attached to an aromatic ring is 1. The Bertz CT molecular complexity index is 1230. The van der Waals surface area contributed by atoms with Crippen LogP contribution in [0.2, 0.25) is 0 Å². The van der Waals surface area contributed by atoms with Gasteiger partial charge in [0, 0.05) is 17.4 Å². The number of anilines is 1. The van der Waals surface area contributed by atoms with Crippen molar-refractivity contribution in [1.29, 1.82) is 0 Å². The second kappa shape index (κ2) is 7.53. The predicted octanol–water partition coefficient (Wildman–Crippen LogP) is 6.13. The van der Waals surface area contributed by atoms with Crippen molar-refractivity contribution >= 4 is 33.0 Å². The van der Waals surface area contributed by atoms with Gasteiger partial charge in [-0.15, -0.1) is 11.3 Å². The molecule has 0 radical (unpaired) electrons. The second-order valence-electron chi connectivity index (χ2n) is 6.70. The molecule has 2 heterocycles. The second-order valence-corrected chi connectivity index (χ2v) is 7.69. The summed E-state index contributed by atoms with van der Waals surface area (Å²) in [6.07, 6.45) is -4.49. The van der Waals surface area contributed by atoms with Crippen molar-refractivity contribution in [3.05, 3.63) is 82.5 Å². The molecule has 0 fully saturated rings. The molecule has 8 heteroatoms. The molecule has 2 aromatic carbocycles. The van der Waals surface area contributed by atoms with Gasteiger partial charge in [-0.3, -0.25) is 4.79 Å². The van der Waals surface area contributed by atoms with Crippen LogP contribution in [-0.4, -0.2) is 10.8 Å². The van der Waals surface area contributed by atoms with Gasteiger partial charge in [0.25, 0.3) is 0 Å². The number of nitrogens with zero attached hydrogens (tertiary/aromatic N) is 1. The Kier molecular flexibility index (Phi) is 5.03. The van der Waals surface area contributed by atoms with E-state index in [1.54, 1.807) is 24.3 Å². The molecule has 3 nitrogen and oxygen atoms in total. The van der Waals surface area contributed by atoms with E-state index in [2.05, 4.69) is 4.98 Å². The smallest absolute Gasteiger partial charge is 0.397 e. The highest BCUT2D eigenvalue weighted by Gasteiger charge is 2.30. The van der Waals surface area contributed by atoms with E-state index in [0.717, 1.165) is 29.0 Å². The normalized spacial score (nSPS) is 11.7. The van der Waals surface area contributed by atoms with Crippen molar-refractivity contribution in [3.8, 4) is 11.3 Å². The molecule has 4 rings (SSSR count). The van der Waals surface area contributed by atoms with Crippen LogP contribution in [-0.2, 0) is 12.6 Å². The van der Waals surface area contributed by atoms with E-state index in [0.29, 0.717) is 32.0 Å². The SMILES string of the molecule is Nc1c(C(=O)Cc2ccc(C(F)(F)F)cc2)sc2nc(-c3ccc(F)cc3)ccc12. The minimum Gasteiger partial charge on any atom is -0.397 e. The van der Waals surface area contributed by atoms with E-state index >= 15 is 0 Å². The Balaban J connectivity index is 1.61. The molecule has 0 unspecified atom stereocenters. The van der Waals surface area contributed by atoms with Gasteiger partial charge in [0.2, 0.25) is 0 Å². The summed E-state index contributed by atoms with van der Waals surface area (Å²) in [6, 6.07) is 13.9. The average Bonchev–Trinajstić information content (AvgIpc) is 3.04. The summed E-state index contributed by atoms with van der Waals surface area (Å²) in [6.45, 7) is 0. The fraction of sp³-hybridized carbons (Fsp3) is 0.0909. The summed E-state index contributed by atoms with van der Waals surface area (Å²) >= 11 is 1.13. The summed E-state index contributed by atoms with van der Waals surface area (Å²) in [5.74, 6) is -0.644. The number of fused-ring (bicyclic) bond motifs is 1. The van der Waals surface area contributed by atoms with E-state index in [4.69, 9.17) is 5.73 Å². The van der Waals surface area contributed by atoms with E-state index in [1.165, 1.54) is 24.3 Å². The lowest BCUT2D eigenvalue weighted by Gasteiger charge is -2.07. The number of Topliss-reactive ketones (excluding diaryl/α,β-unsaturated/α-hetero) is 1. The molecule has 0 bridgehead atoms. The number of alkyl halides is 3. The van der Waals surface area contributed by atoms with Gasteiger partial charge in [0.05, 0.1) is 21.8 Å². The van der Waals surface area contributed by atoms with Gasteiger partial charge in [-0.05, 0) is 54.1 Å². The maximum atomic E-state index is 13.1. The quantitative estimate of drug-likeness (QED) is 0.313. The van der Waals surface area contributed by atoms with Gasteiger partial charge < -0.3 is 5.73 Å². The van der Waals surface area contributed by atoms with Gasteiger partial charge in [0.1, 0.15) is 10.6 Å². The number of carbonyl (C=O) groups excluding carboxylic acids is 1. The Hall–Kier alpha value is -3.26. The molecule has 152 valence electrons. The monoisotopic (exact) mass is 430 g/mol. The minimum atomic E-state index is -4.42. The third kappa shape index (κ3) is 3.91. The molecule has 0 aliphatic carbocycles. The number of pyridine rings is 1. The first-order valence-corrected chi connectivity index (χ1v) is 9.68. The lowest BCUT2D eigenvalue weighted by atomic mass is 10.0. The summed E-state index contributed by atoms with van der Waals surface area (Å²) in [4.78, 5) is 18.1. The first-order chi connectivity index (χ1) is 14.2. The van der Waals surface area contributed by atoms with Crippen LogP contribution in [0.5, 0.6) is 0 Å². The highest BCUT2D eigenvalue weighted by molar-refractivity contribution is 7.21. The third-order valence-corrected chi connectivity index (χ3v) is 5.79. The fourth-order valence-electron chi connectivity index (χ4n) is 3.06. The number of halogens is 4. The number of hydrogen-bond donors (Lipinski definition) is 1. The van der Waals surface area contributed by atoms with Gasteiger partial charge in [0.15, 0.2) is 5.78 Å². The van der Waals surface area contributed by atoms with Gasteiger partial charge in [-0.2, -0.15) is 13.2 Å². The van der Waals surface area contributed by atoms with Crippen LogP contribution in [0.3, 0.4) is 0 Å². The summed E-state index contributed by atoms with van der Waals surface area (Å²) in [7, 11) is 0. The predicted molar refractivity (Wildman–Crippen MR) is 109 cm³/mol. The molecule has 0 aliphatic rings. The van der Waals surface area contributed by atoms with E-state index in [-0.39, 0.29) is 18.0 Å². The maximum Gasteiger partial charge on any atom is 0.416 e. The van der Waals surface area contributed by atoms with Crippen molar-refractivity contribution in [2.75, 3.05) is 5.73 Å². The zero-order valence-electron chi connectivity index (χ0n) is 15.3.